The molecule has 0 aliphatic heterocycles. The first kappa shape index (κ1) is 16.0. The topological polar surface area (TPSA) is 58.2 Å². The Morgan fingerprint density at radius 3 is 2.43 bits per heavy atom. The van der Waals surface area contributed by atoms with Crippen molar-refractivity contribution in [3.05, 3.63) is 35.6 Å². The molecule has 2 saturated carbocycles. The van der Waals surface area contributed by atoms with Gasteiger partial charge in [-0.3, -0.25) is 9.59 Å². The molecule has 3 rings (SSSR count). The van der Waals surface area contributed by atoms with Crippen LogP contribution in [0.25, 0.3) is 0 Å². The van der Waals surface area contributed by atoms with Gasteiger partial charge in [-0.1, -0.05) is 12.1 Å². The number of nitrogens with one attached hydrogen (secondary N) is 2. The van der Waals surface area contributed by atoms with Crippen molar-refractivity contribution in [2.45, 2.75) is 43.9 Å². The number of carbonyl (C=O) groups excluding carboxylic acids is 2. The second-order valence-corrected chi connectivity index (χ2v) is 6.73. The Kier molecular flexibility index (Phi) is 4.64. The molecule has 0 saturated heterocycles. The predicted molar refractivity (Wildman–Crippen MR) is 85.3 cm³/mol. The normalized spacial score (nSPS) is 18.3. The maximum atomic E-state index is 13.0. The van der Waals surface area contributed by atoms with Crippen molar-refractivity contribution < 1.29 is 14.0 Å². The Bertz CT molecular complexity index is 577. The fourth-order valence-electron chi connectivity index (χ4n) is 2.83. The molecule has 23 heavy (non-hydrogen) atoms. The van der Waals surface area contributed by atoms with Crippen LogP contribution < -0.4 is 10.6 Å². The zero-order chi connectivity index (χ0) is 16.3. The molecule has 0 radical (unpaired) electrons. The zero-order valence-electron chi connectivity index (χ0n) is 13.2. The minimum absolute atomic E-state index is 0.0104. The van der Waals surface area contributed by atoms with Crippen LogP contribution in [0, 0.1) is 11.7 Å². The van der Waals surface area contributed by atoms with Crippen molar-refractivity contribution in [3.8, 4) is 0 Å². The largest absolute Gasteiger partial charge is 0.356 e. The summed E-state index contributed by atoms with van der Waals surface area (Å²) in [5.74, 6) is 0.119. The number of hydrogen-bond donors (Lipinski definition) is 2. The molecule has 0 spiro atoms. The smallest absolute Gasteiger partial charge is 0.223 e. The van der Waals surface area contributed by atoms with Gasteiger partial charge in [0.25, 0.3) is 0 Å². The third-order valence-electron chi connectivity index (χ3n) is 4.76. The third-order valence-corrected chi connectivity index (χ3v) is 4.76. The highest BCUT2D eigenvalue weighted by Crippen LogP contribution is 2.47. The van der Waals surface area contributed by atoms with Crippen molar-refractivity contribution >= 4 is 11.8 Å². The lowest BCUT2D eigenvalue weighted by molar-refractivity contribution is -0.123. The maximum absolute atomic E-state index is 13.0. The van der Waals surface area contributed by atoms with E-state index in [0.717, 1.165) is 31.2 Å². The molecular weight excluding hydrogens is 295 g/mol. The molecule has 1 aromatic rings. The Balaban J connectivity index is 1.35. The van der Waals surface area contributed by atoms with Crippen LogP contribution >= 0.6 is 0 Å². The minimum atomic E-state index is -0.234. The molecule has 0 bridgehead atoms. The lowest BCUT2D eigenvalue weighted by Crippen LogP contribution is -2.33. The van der Waals surface area contributed by atoms with E-state index in [4.69, 9.17) is 0 Å². The average molecular weight is 318 g/mol. The maximum Gasteiger partial charge on any atom is 0.223 e. The third kappa shape index (κ3) is 4.30. The SMILES string of the molecule is O=C(CCCNC(=O)C1CC1)NCC1(c2ccc(F)cc2)CC1. The van der Waals surface area contributed by atoms with Gasteiger partial charge in [0.05, 0.1) is 0 Å². The van der Waals surface area contributed by atoms with Crippen LogP contribution in [-0.4, -0.2) is 24.9 Å². The number of amides is 2. The molecule has 0 heterocycles. The first-order valence-electron chi connectivity index (χ1n) is 8.40. The van der Waals surface area contributed by atoms with Crippen molar-refractivity contribution in [3.63, 3.8) is 0 Å². The van der Waals surface area contributed by atoms with E-state index >= 15 is 0 Å². The lowest BCUT2D eigenvalue weighted by Gasteiger charge is -2.16. The van der Waals surface area contributed by atoms with Crippen LogP contribution in [0.5, 0.6) is 0 Å². The second kappa shape index (κ2) is 6.69. The average Bonchev–Trinajstić information content (AvgIpc) is 3.44. The van der Waals surface area contributed by atoms with E-state index in [9.17, 15) is 14.0 Å². The molecule has 0 aromatic heterocycles. The fraction of sp³-hybridized carbons (Fsp3) is 0.556. The van der Waals surface area contributed by atoms with Gasteiger partial charge in [0.2, 0.25) is 11.8 Å². The van der Waals surface area contributed by atoms with E-state index in [1.54, 1.807) is 0 Å². The number of rotatable bonds is 8. The second-order valence-electron chi connectivity index (χ2n) is 6.73. The minimum Gasteiger partial charge on any atom is -0.356 e. The van der Waals surface area contributed by atoms with Crippen molar-refractivity contribution in [1.29, 1.82) is 0 Å². The highest BCUT2D eigenvalue weighted by atomic mass is 19.1. The summed E-state index contributed by atoms with van der Waals surface area (Å²) in [5, 5.41) is 5.84. The highest BCUT2D eigenvalue weighted by Gasteiger charge is 2.44. The Morgan fingerprint density at radius 2 is 1.83 bits per heavy atom. The van der Waals surface area contributed by atoms with E-state index < -0.39 is 0 Å². The zero-order valence-corrected chi connectivity index (χ0v) is 13.2. The summed E-state index contributed by atoms with van der Waals surface area (Å²) in [4.78, 5) is 23.4. The van der Waals surface area contributed by atoms with Gasteiger partial charge < -0.3 is 10.6 Å². The van der Waals surface area contributed by atoms with Crippen molar-refractivity contribution in [2.24, 2.45) is 5.92 Å². The Morgan fingerprint density at radius 1 is 1.13 bits per heavy atom. The number of benzene rings is 1. The molecule has 2 aliphatic rings. The van der Waals surface area contributed by atoms with E-state index in [1.807, 2.05) is 12.1 Å². The molecule has 2 amide bonds. The van der Waals surface area contributed by atoms with Gasteiger partial charge in [0.15, 0.2) is 0 Å². The molecule has 0 atom stereocenters. The monoisotopic (exact) mass is 318 g/mol. The Hall–Kier alpha value is -1.91. The molecule has 2 aliphatic carbocycles. The Labute approximate surface area is 135 Å². The van der Waals surface area contributed by atoms with Crippen molar-refractivity contribution in [2.75, 3.05) is 13.1 Å². The molecule has 2 N–H and O–H groups in total. The molecule has 5 heteroatoms. The number of halogens is 1. The van der Waals surface area contributed by atoms with Gasteiger partial charge in [0.1, 0.15) is 5.82 Å². The fourth-order valence-corrected chi connectivity index (χ4v) is 2.83. The lowest BCUT2D eigenvalue weighted by atomic mass is 9.96. The molecular formula is C18H23FN2O2. The van der Waals surface area contributed by atoms with Gasteiger partial charge in [0, 0.05) is 30.8 Å². The molecule has 124 valence electrons. The van der Waals surface area contributed by atoms with Gasteiger partial charge in [-0.2, -0.15) is 0 Å². The number of carbonyl (C=O) groups is 2. The van der Waals surface area contributed by atoms with Gasteiger partial charge >= 0.3 is 0 Å². The van der Waals surface area contributed by atoms with E-state index in [0.29, 0.717) is 25.9 Å². The standard InChI is InChI=1S/C18H23FN2O2/c19-15-7-5-14(6-8-15)18(9-10-18)12-21-16(22)2-1-11-20-17(23)13-3-4-13/h5-8,13H,1-4,9-12H2,(H,20,23)(H,21,22). The molecule has 0 unspecified atom stereocenters. The van der Waals surface area contributed by atoms with Crippen LogP contribution in [0.1, 0.15) is 44.1 Å². The first-order valence-corrected chi connectivity index (χ1v) is 8.40. The van der Waals surface area contributed by atoms with E-state index in [1.165, 1.54) is 12.1 Å². The highest BCUT2D eigenvalue weighted by molar-refractivity contribution is 5.81. The summed E-state index contributed by atoms with van der Waals surface area (Å²) in [7, 11) is 0. The summed E-state index contributed by atoms with van der Waals surface area (Å²) in [6.07, 6.45) is 5.13. The summed E-state index contributed by atoms with van der Waals surface area (Å²) in [5.41, 5.74) is 1.08. The predicted octanol–water partition coefficient (Wildman–Crippen LogP) is 2.28. The van der Waals surface area contributed by atoms with Gasteiger partial charge in [-0.25, -0.2) is 4.39 Å². The van der Waals surface area contributed by atoms with Crippen LogP contribution in [0.4, 0.5) is 4.39 Å². The first-order chi connectivity index (χ1) is 11.1. The molecule has 1 aromatic carbocycles. The van der Waals surface area contributed by atoms with Crippen LogP contribution in [0.3, 0.4) is 0 Å². The summed E-state index contributed by atoms with van der Waals surface area (Å²) in [6.45, 7) is 1.16. The summed E-state index contributed by atoms with van der Waals surface area (Å²) >= 11 is 0. The number of hydrogen-bond acceptors (Lipinski definition) is 2. The van der Waals surface area contributed by atoms with Crippen LogP contribution in [0.15, 0.2) is 24.3 Å². The van der Waals surface area contributed by atoms with Gasteiger partial charge in [-0.05, 0) is 49.8 Å². The quantitative estimate of drug-likeness (QED) is 0.723. The van der Waals surface area contributed by atoms with Gasteiger partial charge in [-0.15, -0.1) is 0 Å². The van der Waals surface area contributed by atoms with E-state index in [-0.39, 0.29) is 29.0 Å². The van der Waals surface area contributed by atoms with Crippen LogP contribution in [-0.2, 0) is 15.0 Å². The van der Waals surface area contributed by atoms with Crippen LogP contribution in [0.2, 0.25) is 0 Å². The van der Waals surface area contributed by atoms with E-state index in [2.05, 4.69) is 10.6 Å². The summed E-state index contributed by atoms with van der Waals surface area (Å²) < 4.78 is 13.0. The van der Waals surface area contributed by atoms with Crippen molar-refractivity contribution in [1.82, 2.24) is 10.6 Å². The summed E-state index contributed by atoms with van der Waals surface area (Å²) in [6, 6.07) is 6.56. The molecule has 2 fully saturated rings. The molecule has 4 nitrogen and oxygen atoms in total.